The summed E-state index contributed by atoms with van der Waals surface area (Å²) in [5.41, 5.74) is 2.03. The zero-order chi connectivity index (χ0) is 23.1. The largest absolute Gasteiger partial charge is 0.354 e. The van der Waals surface area contributed by atoms with Crippen LogP contribution >= 0.6 is 11.3 Å². The van der Waals surface area contributed by atoms with Crippen LogP contribution in [0.25, 0.3) is 0 Å². The van der Waals surface area contributed by atoms with E-state index in [2.05, 4.69) is 38.3 Å². The Hall–Kier alpha value is -2.62. The highest BCUT2D eigenvalue weighted by Gasteiger charge is 2.16. The summed E-state index contributed by atoms with van der Waals surface area (Å²) < 4.78 is 15.4. The number of nitrogens with zero attached hydrogens (tertiary/aromatic N) is 6. The summed E-state index contributed by atoms with van der Waals surface area (Å²) in [6.45, 7) is 5.43. The van der Waals surface area contributed by atoms with Crippen LogP contribution in [-0.4, -0.2) is 71.4 Å². The lowest BCUT2D eigenvalue weighted by atomic mass is 10.1. The van der Waals surface area contributed by atoms with Crippen molar-refractivity contribution >= 4 is 22.8 Å². The van der Waals surface area contributed by atoms with Gasteiger partial charge in [-0.1, -0.05) is 12.1 Å². The van der Waals surface area contributed by atoms with Crippen molar-refractivity contribution in [2.75, 3.05) is 45.7 Å². The number of benzene rings is 1. The molecule has 32 heavy (non-hydrogen) atoms. The molecular weight excluding hydrogens is 427 g/mol. The number of aromatic nitrogens is 3. The summed E-state index contributed by atoms with van der Waals surface area (Å²) in [5.74, 6) is -0.246. The fourth-order valence-corrected chi connectivity index (χ4v) is 4.42. The number of anilines is 1. The average Bonchev–Trinajstić information content (AvgIpc) is 3.42. The smallest absolute Gasteiger partial charge is 0.185 e. The molecule has 1 atom stereocenters. The minimum Gasteiger partial charge on any atom is -0.354 e. The molecule has 2 aromatic heterocycles. The Balaban J connectivity index is 1.60. The van der Waals surface area contributed by atoms with Crippen molar-refractivity contribution in [1.82, 2.24) is 24.3 Å². The van der Waals surface area contributed by atoms with Gasteiger partial charge in [-0.25, -0.2) is 14.4 Å². The summed E-state index contributed by atoms with van der Waals surface area (Å²) in [6.07, 6.45) is 6.49. The Morgan fingerprint density at radius 3 is 2.53 bits per heavy atom. The zero-order valence-electron chi connectivity index (χ0n) is 19.1. The first-order chi connectivity index (χ1) is 15.4. The number of halogens is 1. The van der Waals surface area contributed by atoms with Crippen LogP contribution in [0.3, 0.4) is 0 Å². The van der Waals surface area contributed by atoms with E-state index in [4.69, 9.17) is 0 Å². The van der Waals surface area contributed by atoms with Gasteiger partial charge in [0.05, 0.1) is 24.6 Å². The first-order valence-electron chi connectivity index (χ1n) is 10.6. The van der Waals surface area contributed by atoms with E-state index in [1.165, 1.54) is 17.0 Å². The molecule has 0 spiro atoms. The van der Waals surface area contributed by atoms with Crippen molar-refractivity contribution in [3.63, 3.8) is 0 Å². The number of imidazole rings is 1. The maximum atomic E-state index is 13.3. The van der Waals surface area contributed by atoms with E-state index in [1.54, 1.807) is 29.8 Å². The van der Waals surface area contributed by atoms with Gasteiger partial charge >= 0.3 is 0 Å². The molecular formula is C23H31FN6OS. The standard InChI is InChI=1S/C23H31FN6OS/c1-18(19-5-7-20(24)8-6-19)30-17-25-13-21(30)15-29(11-12-31)10-9-28(4)16-22-14-26-23(32-22)27(2)3/h5-8,12-14,17-18H,9-11,15-16H2,1-4H3. The molecule has 0 radical (unpaired) electrons. The van der Waals surface area contributed by atoms with E-state index in [9.17, 15) is 9.18 Å². The molecule has 0 fully saturated rings. The monoisotopic (exact) mass is 458 g/mol. The lowest BCUT2D eigenvalue weighted by Gasteiger charge is -2.25. The second-order valence-corrected chi connectivity index (χ2v) is 9.26. The third kappa shape index (κ3) is 6.44. The van der Waals surface area contributed by atoms with Crippen molar-refractivity contribution < 1.29 is 9.18 Å². The van der Waals surface area contributed by atoms with Crippen molar-refractivity contribution in [1.29, 1.82) is 0 Å². The molecule has 0 saturated heterocycles. The predicted octanol–water partition coefficient (Wildman–Crippen LogP) is 3.29. The molecule has 2 heterocycles. The third-order valence-corrected chi connectivity index (χ3v) is 6.53. The van der Waals surface area contributed by atoms with Gasteiger partial charge < -0.3 is 14.3 Å². The number of likely N-dealkylation sites (N-methyl/N-ethyl adjacent to an activating group) is 1. The maximum Gasteiger partial charge on any atom is 0.185 e. The Morgan fingerprint density at radius 1 is 1.12 bits per heavy atom. The number of thiazole rings is 1. The lowest BCUT2D eigenvalue weighted by molar-refractivity contribution is -0.109. The normalized spacial score (nSPS) is 12.5. The highest BCUT2D eigenvalue weighted by molar-refractivity contribution is 7.15. The van der Waals surface area contributed by atoms with E-state index >= 15 is 0 Å². The van der Waals surface area contributed by atoms with Crippen LogP contribution in [0, 0.1) is 5.82 Å². The molecule has 0 N–H and O–H groups in total. The van der Waals surface area contributed by atoms with Gasteiger partial charge in [0, 0.05) is 57.5 Å². The average molecular weight is 459 g/mol. The predicted molar refractivity (Wildman–Crippen MR) is 127 cm³/mol. The van der Waals surface area contributed by atoms with Crippen molar-refractivity contribution in [2.45, 2.75) is 26.1 Å². The number of hydrogen-bond acceptors (Lipinski definition) is 7. The molecule has 0 amide bonds. The lowest BCUT2D eigenvalue weighted by Crippen LogP contribution is -2.34. The van der Waals surface area contributed by atoms with Crippen molar-refractivity contribution in [3.8, 4) is 0 Å². The summed E-state index contributed by atoms with van der Waals surface area (Å²) in [5, 5.41) is 1.000. The highest BCUT2D eigenvalue weighted by Crippen LogP contribution is 2.22. The van der Waals surface area contributed by atoms with Gasteiger partial charge in [0.1, 0.15) is 12.1 Å². The Kier molecular flexibility index (Phi) is 8.49. The number of hydrogen-bond donors (Lipinski definition) is 0. The zero-order valence-corrected chi connectivity index (χ0v) is 19.9. The van der Waals surface area contributed by atoms with Gasteiger partial charge in [0.25, 0.3) is 0 Å². The van der Waals surface area contributed by atoms with Gasteiger partial charge in [0.15, 0.2) is 5.13 Å². The topological polar surface area (TPSA) is 57.5 Å². The molecule has 3 aromatic rings. The van der Waals surface area contributed by atoms with Gasteiger partial charge in [-0.3, -0.25) is 9.80 Å². The summed E-state index contributed by atoms with van der Waals surface area (Å²) in [4.78, 5) is 27.6. The molecule has 0 aliphatic heterocycles. The van der Waals surface area contributed by atoms with Crippen LogP contribution in [-0.2, 0) is 17.9 Å². The summed E-state index contributed by atoms with van der Waals surface area (Å²) in [6, 6.07) is 6.56. The van der Waals surface area contributed by atoms with Crippen LogP contribution in [0.1, 0.15) is 29.1 Å². The van der Waals surface area contributed by atoms with E-state index in [0.29, 0.717) is 13.1 Å². The Bertz CT molecular complexity index is 987. The highest BCUT2D eigenvalue weighted by atomic mass is 32.1. The molecule has 0 bridgehead atoms. The molecule has 3 rings (SSSR count). The van der Waals surface area contributed by atoms with Gasteiger partial charge in [-0.2, -0.15) is 0 Å². The molecule has 0 saturated carbocycles. The molecule has 7 nitrogen and oxygen atoms in total. The SMILES string of the molecule is CC(c1ccc(F)cc1)n1cncc1CN(CC=O)CCN(C)Cc1cnc(N(C)C)s1. The molecule has 172 valence electrons. The maximum absolute atomic E-state index is 13.3. The molecule has 0 aliphatic rings. The van der Waals surface area contributed by atoms with E-state index in [0.717, 1.165) is 42.3 Å². The Labute approximate surface area is 193 Å². The van der Waals surface area contributed by atoms with Crippen LogP contribution in [0.4, 0.5) is 9.52 Å². The van der Waals surface area contributed by atoms with Crippen molar-refractivity contribution in [3.05, 3.63) is 64.9 Å². The number of carbonyl (C=O) groups is 1. The fraction of sp³-hybridized carbons (Fsp3) is 0.435. The Morgan fingerprint density at radius 2 is 1.88 bits per heavy atom. The quantitative estimate of drug-likeness (QED) is 0.388. The van der Waals surface area contributed by atoms with Gasteiger partial charge in [-0.05, 0) is 31.7 Å². The molecule has 9 heteroatoms. The minimum absolute atomic E-state index is 0.0195. The molecule has 0 aliphatic carbocycles. The van der Waals surface area contributed by atoms with Crippen LogP contribution in [0.15, 0.2) is 43.0 Å². The summed E-state index contributed by atoms with van der Waals surface area (Å²) in [7, 11) is 6.06. The first kappa shape index (κ1) is 24.0. The van der Waals surface area contributed by atoms with Crippen LogP contribution < -0.4 is 4.90 Å². The van der Waals surface area contributed by atoms with Crippen LogP contribution in [0.5, 0.6) is 0 Å². The molecule has 1 aromatic carbocycles. The fourth-order valence-electron chi connectivity index (χ4n) is 3.51. The number of aldehydes is 1. The van der Waals surface area contributed by atoms with Gasteiger partial charge in [-0.15, -0.1) is 11.3 Å². The van der Waals surface area contributed by atoms with E-state index in [1.807, 2.05) is 31.4 Å². The van der Waals surface area contributed by atoms with Crippen LogP contribution in [0.2, 0.25) is 0 Å². The molecule has 1 unspecified atom stereocenters. The second-order valence-electron chi connectivity index (χ2n) is 8.16. The number of rotatable bonds is 12. The first-order valence-corrected chi connectivity index (χ1v) is 11.4. The van der Waals surface area contributed by atoms with Crippen molar-refractivity contribution in [2.24, 2.45) is 0 Å². The number of carbonyl (C=O) groups excluding carboxylic acids is 1. The second kappa shape index (κ2) is 11.3. The minimum atomic E-state index is -0.246. The third-order valence-electron chi connectivity index (χ3n) is 5.38. The van der Waals surface area contributed by atoms with E-state index in [-0.39, 0.29) is 11.9 Å². The van der Waals surface area contributed by atoms with Gasteiger partial charge in [0.2, 0.25) is 0 Å². The summed E-state index contributed by atoms with van der Waals surface area (Å²) >= 11 is 1.69. The van der Waals surface area contributed by atoms with E-state index < -0.39 is 0 Å².